The van der Waals surface area contributed by atoms with Crippen LogP contribution < -0.4 is 5.32 Å². The molecule has 23 heavy (non-hydrogen) atoms. The number of hydrogen-bond acceptors (Lipinski definition) is 2. The van der Waals surface area contributed by atoms with Crippen molar-refractivity contribution < 1.29 is 9.18 Å². The smallest absolute Gasteiger partial charge is 0.251 e. The summed E-state index contributed by atoms with van der Waals surface area (Å²) in [6, 6.07) is 14.0. The quantitative estimate of drug-likeness (QED) is 0.847. The van der Waals surface area contributed by atoms with Crippen LogP contribution in [-0.4, -0.2) is 23.9 Å². The first-order chi connectivity index (χ1) is 11.1. The number of benzene rings is 2. The van der Waals surface area contributed by atoms with Gasteiger partial charge in [-0.15, -0.1) is 0 Å². The minimum atomic E-state index is -0.303. The predicted octanol–water partition coefficient (Wildman–Crippen LogP) is 3.60. The number of nitrogens with zero attached hydrogens (tertiary/aromatic N) is 1. The van der Waals surface area contributed by atoms with Gasteiger partial charge in [0.2, 0.25) is 0 Å². The molecule has 0 aliphatic heterocycles. The Balaban J connectivity index is 1.94. The van der Waals surface area contributed by atoms with Crippen LogP contribution in [0.15, 0.2) is 48.5 Å². The van der Waals surface area contributed by atoms with Gasteiger partial charge in [-0.3, -0.25) is 9.69 Å². The van der Waals surface area contributed by atoms with E-state index in [-0.39, 0.29) is 18.3 Å². The van der Waals surface area contributed by atoms with Gasteiger partial charge in [-0.25, -0.2) is 4.39 Å². The highest BCUT2D eigenvalue weighted by atomic mass is 19.1. The van der Waals surface area contributed by atoms with Gasteiger partial charge in [0.15, 0.2) is 0 Å². The van der Waals surface area contributed by atoms with E-state index in [0.29, 0.717) is 11.1 Å². The Morgan fingerprint density at radius 3 is 2.30 bits per heavy atom. The molecule has 0 spiro atoms. The van der Waals surface area contributed by atoms with Crippen molar-refractivity contribution in [2.75, 3.05) is 13.1 Å². The molecule has 1 N–H and O–H groups in total. The molecule has 1 amide bonds. The molecule has 0 aliphatic carbocycles. The van der Waals surface area contributed by atoms with Gasteiger partial charge >= 0.3 is 0 Å². The van der Waals surface area contributed by atoms with Gasteiger partial charge < -0.3 is 5.32 Å². The molecule has 0 atom stereocenters. The van der Waals surface area contributed by atoms with E-state index in [1.54, 1.807) is 18.2 Å². The molecule has 0 unspecified atom stereocenters. The lowest BCUT2D eigenvalue weighted by atomic mass is 10.1. The maximum absolute atomic E-state index is 13.5. The van der Waals surface area contributed by atoms with Gasteiger partial charge in [-0.05, 0) is 36.9 Å². The normalized spacial score (nSPS) is 10.8. The number of rotatable bonds is 7. The number of nitrogens with one attached hydrogen (secondary N) is 1. The topological polar surface area (TPSA) is 32.3 Å². The van der Waals surface area contributed by atoms with E-state index >= 15 is 0 Å². The van der Waals surface area contributed by atoms with Crippen molar-refractivity contribution in [2.45, 2.75) is 26.9 Å². The summed E-state index contributed by atoms with van der Waals surface area (Å²) < 4.78 is 13.5. The molecule has 0 aromatic heterocycles. The summed E-state index contributed by atoms with van der Waals surface area (Å²) in [5, 5.41) is 2.75. The molecule has 4 heteroatoms. The molecule has 0 saturated heterocycles. The molecule has 0 fully saturated rings. The summed E-state index contributed by atoms with van der Waals surface area (Å²) in [6.45, 7) is 7.33. The highest BCUT2D eigenvalue weighted by molar-refractivity contribution is 5.94. The summed E-state index contributed by atoms with van der Waals surface area (Å²) in [6.07, 6.45) is 0. The van der Waals surface area contributed by atoms with Crippen LogP contribution in [0.5, 0.6) is 0 Å². The van der Waals surface area contributed by atoms with Gasteiger partial charge in [0.05, 0.1) is 0 Å². The van der Waals surface area contributed by atoms with Gasteiger partial charge in [0.1, 0.15) is 5.82 Å². The molecule has 0 heterocycles. The molecule has 2 rings (SSSR count). The number of hydrogen-bond donors (Lipinski definition) is 1. The highest BCUT2D eigenvalue weighted by Gasteiger charge is 2.08. The van der Waals surface area contributed by atoms with Crippen LogP contribution in [0.1, 0.15) is 35.3 Å². The largest absolute Gasteiger partial charge is 0.348 e. The van der Waals surface area contributed by atoms with Crippen LogP contribution in [0.25, 0.3) is 0 Å². The lowest BCUT2D eigenvalue weighted by molar-refractivity contribution is 0.0950. The fraction of sp³-hybridized carbons (Fsp3) is 0.316. The van der Waals surface area contributed by atoms with Gasteiger partial charge in [-0.2, -0.15) is 0 Å². The summed E-state index contributed by atoms with van der Waals surface area (Å²) in [4.78, 5) is 14.4. The number of amides is 1. The van der Waals surface area contributed by atoms with Gasteiger partial charge in [-0.1, -0.05) is 44.2 Å². The fourth-order valence-electron chi connectivity index (χ4n) is 2.39. The van der Waals surface area contributed by atoms with Crippen molar-refractivity contribution in [3.63, 3.8) is 0 Å². The highest BCUT2D eigenvalue weighted by Crippen LogP contribution is 2.09. The second kappa shape index (κ2) is 8.44. The van der Waals surface area contributed by atoms with E-state index in [0.717, 1.165) is 19.6 Å². The maximum atomic E-state index is 13.5. The van der Waals surface area contributed by atoms with E-state index < -0.39 is 0 Å². The van der Waals surface area contributed by atoms with E-state index in [2.05, 4.69) is 24.1 Å². The van der Waals surface area contributed by atoms with Crippen LogP contribution in [0, 0.1) is 5.82 Å². The lowest BCUT2D eigenvalue weighted by Gasteiger charge is -2.18. The Bertz CT molecular complexity index is 636. The number of halogens is 1. The number of carbonyl (C=O) groups is 1. The Kier molecular flexibility index (Phi) is 6.29. The van der Waals surface area contributed by atoms with Crippen LogP contribution in [0.2, 0.25) is 0 Å². The molecule has 0 saturated carbocycles. The number of carbonyl (C=O) groups excluding carboxylic acids is 1. The zero-order valence-electron chi connectivity index (χ0n) is 13.7. The third-order valence-corrected chi connectivity index (χ3v) is 3.91. The Hall–Kier alpha value is -2.20. The summed E-state index contributed by atoms with van der Waals surface area (Å²) in [5.74, 6) is -0.495. The first-order valence-electron chi connectivity index (χ1n) is 7.97. The van der Waals surface area contributed by atoms with Crippen LogP contribution >= 0.6 is 0 Å². The van der Waals surface area contributed by atoms with Crippen LogP contribution in [-0.2, 0) is 13.1 Å². The molecular formula is C19H23FN2O. The predicted molar refractivity (Wildman–Crippen MR) is 90.6 cm³/mol. The summed E-state index contributed by atoms with van der Waals surface area (Å²) >= 11 is 0. The van der Waals surface area contributed by atoms with Crippen molar-refractivity contribution in [1.29, 1.82) is 0 Å². The third kappa shape index (κ3) is 4.89. The van der Waals surface area contributed by atoms with Crippen molar-refractivity contribution in [3.8, 4) is 0 Å². The van der Waals surface area contributed by atoms with Gasteiger partial charge in [0.25, 0.3) is 5.91 Å². The zero-order chi connectivity index (χ0) is 16.7. The molecule has 3 nitrogen and oxygen atoms in total. The average molecular weight is 314 g/mol. The van der Waals surface area contributed by atoms with Crippen molar-refractivity contribution >= 4 is 5.91 Å². The molecule has 2 aromatic rings. The van der Waals surface area contributed by atoms with Gasteiger partial charge in [0, 0.05) is 24.2 Å². The van der Waals surface area contributed by atoms with E-state index in [4.69, 9.17) is 0 Å². The first-order valence-corrected chi connectivity index (χ1v) is 7.97. The molecule has 2 aromatic carbocycles. The molecule has 0 radical (unpaired) electrons. The van der Waals surface area contributed by atoms with E-state index in [1.165, 1.54) is 11.6 Å². The third-order valence-electron chi connectivity index (χ3n) is 3.91. The Labute approximate surface area is 137 Å². The molecule has 0 bridgehead atoms. The van der Waals surface area contributed by atoms with Crippen LogP contribution in [0.4, 0.5) is 4.39 Å². The molecule has 122 valence electrons. The lowest BCUT2D eigenvalue weighted by Crippen LogP contribution is -2.24. The summed E-state index contributed by atoms with van der Waals surface area (Å²) in [5.41, 5.74) is 2.25. The Morgan fingerprint density at radius 1 is 1.04 bits per heavy atom. The second-order valence-electron chi connectivity index (χ2n) is 5.43. The maximum Gasteiger partial charge on any atom is 0.251 e. The first kappa shape index (κ1) is 17.2. The van der Waals surface area contributed by atoms with E-state index in [1.807, 2.05) is 24.3 Å². The van der Waals surface area contributed by atoms with Crippen LogP contribution in [0.3, 0.4) is 0 Å². The molecular weight excluding hydrogens is 291 g/mol. The van der Waals surface area contributed by atoms with Crippen molar-refractivity contribution in [2.24, 2.45) is 0 Å². The zero-order valence-corrected chi connectivity index (χ0v) is 13.7. The SMILES string of the molecule is CCN(CC)Cc1ccc(C(=O)NCc2ccccc2F)cc1. The minimum Gasteiger partial charge on any atom is -0.348 e. The van der Waals surface area contributed by atoms with Crippen molar-refractivity contribution in [1.82, 2.24) is 10.2 Å². The van der Waals surface area contributed by atoms with Crippen molar-refractivity contribution in [3.05, 3.63) is 71.0 Å². The second-order valence-corrected chi connectivity index (χ2v) is 5.43. The van der Waals surface area contributed by atoms with E-state index in [9.17, 15) is 9.18 Å². The molecule has 0 aliphatic rings. The summed E-state index contributed by atoms with van der Waals surface area (Å²) in [7, 11) is 0. The minimum absolute atomic E-state index is 0.187. The Morgan fingerprint density at radius 2 is 1.70 bits per heavy atom. The monoisotopic (exact) mass is 314 g/mol. The average Bonchev–Trinajstić information content (AvgIpc) is 2.59. The fourth-order valence-corrected chi connectivity index (χ4v) is 2.39. The standard InChI is InChI=1S/C19H23FN2O/c1-3-22(4-2)14-15-9-11-16(12-10-15)19(23)21-13-17-7-5-6-8-18(17)20/h5-12H,3-4,13-14H2,1-2H3,(H,21,23).